The Morgan fingerprint density at radius 3 is 1.34 bits per heavy atom. The summed E-state index contributed by atoms with van der Waals surface area (Å²) in [7, 11) is 0. The Bertz CT molecular complexity index is 477. The molecule has 4 heteroatoms. The molecular formula is C25H48N2O2. The number of amides is 2. The highest BCUT2D eigenvalue weighted by molar-refractivity contribution is 5.76. The van der Waals surface area contributed by atoms with Crippen molar-refractivity contribution in [1.82, 2.24) is 10.6 Å². The van der Waals surface area contributed by atoms with Crippen LogP contribution in [-0.4, -0.2) is 24.9 Å². The second-order valence-electron chi connectivity index (χ2n) is 11.4. The molecule has 0 saturated carbocycles. The summed E-state index contributed by atoms with van der Waals surface area (Å²) >= 11 is 0. The molecule has 0 aromatic rings. The first kappa shape index (κ1) is 26.0. The summed E-state index contributed by atoms with van der Waals surface area (Å²) in [5.74, 6) is 2.32. The predicted molar refractivity (Wildman–Crippen MR) is 123 cm³/mol. The first-order valence-corrected chi connectivity index (χ1v) is 11.9. The van der Waals surface area contributed by atoms with Gasteiger partial charge in [-0.3, -0.25) is 9.59 Å². The van der Waals surface area contributed by atoms with E-state index < -0.39 is 0 Å². The minimum absolute atomic E-state index is 0.137. The van der Waals surface area contributed by atoms with Gasteiger partial charge in [0.15, 0.2) is 0 Å². The van der Waals surface area contributed by atoms with E-state index in [-0.39, 0.29) is 22.6 Å². The number of hydrogen-bond donors (Lipinski definition) is 2. The van der Waals surface area contributed by atoms with Gasteiger partial charge in [0.25, 0.3) is 0 Å². The highest BCUT2D eigenvalue weighted by Crippen LogP contribution is 2.48. The zero-order valence-electron chi connectivity index (χ0n) is 20.5. The molecule has 0 aromatic carbocycles. The first-order valence-electron chi connectivity index (χ1n) is 11.9. The van der Waals surface area contributed by atoms with Crippen molar-refractivity contribution >= 4 is 11.8 Å². The molecule has 0 spiro atoms. The van der Waals surface area contributed by atoms with Gasteiger partial charge in [0.05, 0.1) is 0 Å². The molecule has 1 aliphatic heterocycles. The lowest BCUT2D eigenvalue weighted by atomic mass is 9.59. The molecule has 29 heavy (non-hydrogen) atoms. The molecule has 0 bridgehead atoms. The zero-order chi connectivity index (χ0) is 22.2. The lowest BCUT2D eigenvalue weighted by Gasteiger charge is -2.47. The molecule has 0 aromatic heterocycles. The van der Waals surface area contributed by atoms with E-state index in [9.17, 15) is 9.59 Å². The normalized spacial score (nSPS) is 27.9. The lowest BCUT2D eigenvalue weighted by molar-refractivity contribution is -0.122. The van der Waals surface area contributed by atoms with Crippen LogP contribution in [-0.2, 0) is 9.59 Å². The zero-order valence-corrected chi connectivity index (χ0v) is 20.5. The van der Waals surface area contributed by atoms with Gasteiger partial charge in [0, 0.05) is 25.9 Å². The van der Waals surface area contributed by atoms with Crippen LogP contribution >= 0.6 is 0 Å². The summed E-state index contributed by atoms with van der Waals surface area (Å²) in [6, 6.07) is 0. The van der Waals surface area contributed by atoms with E-state index in [0.717, 1.165) is 45.2 Å². The van der Waals surface area contributed by atoms with Crippen molar-refractivity contribution in [3.05, 3.63) is 0 Å². The van der Waals surface area contributed by atoms with Gasteiger partial charge in [-0.25, -0.2) is 0 Å². The highest BCUT2D eigenvalue weighted by atomic mass is 16.2. The van der Waals surface area contributed by atoms with Crippen molar-refractivity contribution in [3.63, 3.8) is 0 Å². The van der Waals surface area contributed by atoms with Crippen LogP contribution in [0.3, 0.4) is 0 Å². The number of carbonyl (C=O) groups excluding carboxylic acids is 2. The van der Waals surface area contributed by atoms with Crippen LogP contribution in [0.25, 0.3) is 0 Å². The van der Waals surface area contributed by atoms with Crippen molar-refractivity contribution < 1.29 is 9.59 Å². The lowest BCUT2D eigenvalue weighted by Crippen LogP contribution is -2.42. The Kier molecular flexibility index (Phi) is 10.2. The fourth-order valence-electron chi connectivity index (χ4n) is 4.37. The van der Waals surface area contributed by atoms with Crippen molar-refractivity contribution in [1.29, 1.82) is 0 Å². The maximum absolute atomic E-state index is 12.3. The minimum Gasteiger partial charge on any atom is -0.356 e. The molecule has 2 unspecified atom stereocenters. The Hall–Kier alpha value is -1.06. The summed E-state index contributed by atoms with van der Waals surface area (Å²) in [5.41, 5.74) is 0.273. The fourth-order valence-corrected chi connectivity index (χ4v) is 4.37. The number of nitrogens with one attached hydrogen (secondary N) is 2. The van der Waals surface area contributed by atoms with Crippen molar-refractivity contribution in [3.8, 4) is 0 Å². The fraction of sp³-hybridized carbons (Fsp3) is 0.920. The average molecular weight is 409 g/mol. The van der Waals surface area contributed by atoms with Crippen LogP contribution in [0.4, 0.5) is 0 Å². The molecule has 2 amide bonds. The van der Waals surface area contributed by atoms with Crippen molar-refractivity contribution in [2.45, 2.75) is 100 Å². The van der Waals surface area contributed by atoms with Crippen LogP contribution < -0.4 is 10.6 Å². The molecule has 1 aliphatic rings. The van der Waals surface area contributed by atoms with Gasteiger partial charge in [0.1, 0.15) is 0 Å². The van der Waals surface area contributed by atoms with E-state index in [2.05, 4.69) is 66.0 Å². The molecule has 1 fully saturated rings. The summed E-state index contributed by atoms with van der Waals surface area (Å²) < 4.78 is 0. The molecular weight excluding hydrogens is 360 g/mol. The molecule has 1 rings (SSSR count). The molecule has 2 N–H and O–H groups in total. The third kappa shape index (κ3) is 8.68. The monoisotopic (exact) mass is 408 g/mol. The van der Waals surface area contributed by atoms with Crippen LogP contribution in [0.1, 0.15) is 100 Å². The van der Waals surface area contributed by atoms with Gasteiger partial charge in [-0.05, 0) is 60.2 Å². The van der Waals surface area contributed by atoms with E-state index in [0.29, 0.717) is 36.5 Å². The molecule has 1 saturated heterocycles. The van der Waals surface area contributed by atoms with Gasteiger partial charge in [0.2, 0.25) is 11.8 Å². The Labute approximate surface area is 180 Å². The predicted octanol–water partition coefficient (Wildman–Crippen LogP) is 5.56. The van der Waals surface area contributed by atoms with E-state index in [1.165, 1.54) is 0 Å². The van der Waals surface area contributed by atoms with Crippen LogP contribution in [0, 0.1) is 34.5 Å². The molecule has 0 radical (unpaired) electrons. The van der Waals surface area contributed by atoms with Gasteiger partial charge in [-0.15, -0.1) is 0 Å². The van der Waals surface area contributed by atoms with Gasteiger partial charge in [-0.2, -0.15) is 0 Å². The van der Waals surface area contributed by atoms with Gasteiger partial charge in [-0.1, -0.05) is 61.8 Å². The Morgan fingerprint density at radius 2 is 1.03 bits per heavy atom. The number of rotatable bonds is 2. The second kappa shape index (κ2) is 11.4. The standard InChI is InChI=1S/C25H48N2O2/c1-18(2)20-14-24(5,6)25(7,8)15-21(19(3)4)17-27-23(29)13-11-9-10-12-22(28)26-16-20/h18-21H,9-17H2,1-8H3,(H,26,28)(H,27,29). The first-order chi connectivity index (χ1) is 13.4. The summed E-state index contributed by atoms with van der Waals surface area (Å²) in [5, 5.41) is 6.38. The summed E-state index contributed by atoms with van der Waals surface area (Å²) in [6.45, 7) is 20.2. The highest BCUT2D eigenvalue weighted by Gasteiger charge is 2.41. The third-order valence-electron chi connectivity index (χ3n) is 7.69. The quantitative estimate of drug-likeness (QED) is 0.628. The van der Waals surface area contributed by atoms with E-state index >= 15 is 0 Å². The number of carbonyl (C=O) groups is 2. The van der Waals surface area contributed by atoms with E-state index in [4.69, 9.17) is 0 Å². The summed E-state index contributed by atoms with van der Waals surface area (Å²) in [6.07, 6.45) is 5.97. The van der Waals surface area contributed by atoms with Crippen molar-refractivity contribution in [2.24, 2.45) is 34.5 Å². The molecule has 4 nitrogen and oxygen atoms in total. The second-order valence-corrected chi connectivity index (χ2v) is 11.4. The largest absolute Gasteiger partial charge is 0.356 e. The summed E-state index contributed by atoms with van der Waals surface area (Å²) in [4.78, 5) is 24.6. The third-order valence-corrected chi connectivity index (χ3v) is 7.69. The molecule has 170 valence electrons. The smallest absolute Gasteiger partial charge is 0.220 e. The minimum atomic E-state index is 0.137. The van der Waals surface area contributed by atoms with Crippen LogP contribution in [0.2, 0.25) is 0 Å². The molecule has 1 heterocycles. The molecule has 0 aliphatic carbocycles. The number of hydrogen-bond acceptors (Lipinski definition) is 2. The van der Waals surface area contributed by atoms with Crippen LogP contribution in [0.15, 0.2) is 0 Å². The maximum atomic E-state index is 12.3. The van der Waals surface area contributed by atoms with Crippen LogP contribution in [0.5, 0.6) is 0 Å². The Morgan fingerprint density at radius 1 is 0.690 bits per heavy atom. The maximum Gasteiger partial charge on any atom is 0.220 e. The van der Waals surface area contributed by atoms with Crippen molar-refractivity contribution in [2.75, 3.05) is 13.1 Å². The van der Waals surface area contributed by atoms with E-state index in [1.807, 2.05) is 0 Å². The SMILES string of the molecule is CC(C)C1CNC(=O)CCCCCC(=O)NCC(C(C)C)CC(C)(C)C(C)(C)C1. The molecule has 2 atom stereocenters. The average Bonchev–Trinajstić information content (AvgIpc) is 2.60. The van der Waals surface area contributed by atoms with Gasteiger partial charge >= 0.3 is 0 Å². The van der Waals surface area contributed by atoms with Gasteiger partial charge < -0.3 is 10.6 Å². The Balaban J connectivity index is 3.04. The van der Waals surface area contributed by atoms with E-state index in [1.54, 1.807) is 0 Å². The topological polar surface area (TPSA) is 58.2 Å².